The van der Waals surface area contributed by atoms with Crippen LogP contribution >= 0.6 is 11.6 Å². The number of benzene rings is 1. The number of pyridine rings is 1. The maximum atomic E-state index is 11.8. The van der Waals surface area contributed by atoms with Crippen LogP contribution in [-0.2, 0) is 11.3 Å². The Labute approximate surface area is 128 Å². The summed E-state index contributed by atoms with van der Waals surface area (Å²) in [6.07, 6.45) is 0.907. The van der Waals surface area contributed by atoms with Gasteiger partial charge in [0, 0.05) is 23.5 Å². The molecule has 1 atom stereocenters. The fourth-order valence-electron chi connectivity index (χ4n) is 1.85. The number of hydrogen-bond acceptors (Lipinski definition) is 3. The number of rotatable bonds is 5. The molecule has 1 unspecified atom stereocenters. The molecule has 1 amide bonds. The number of nitrogens with one attached hydrogen (secondary N) is 1. The number of carbonyl (C=O) groups is 1. The standard InChI is InChI=1S/C16H17ClN2O2/c1-11-2-3-12(9-18-11)10-19-16(21)8-15(20)13-4-6-14(17)7-5-13/h2-7,9,15,20H,8,10H2,1H3,(H,19,21). The van der Waals surface area contributed by atoms with Crippen molar-refractivity contribution < 1.29 is 9.90 Å². The summed E-state index contributed by atoms with van der Waals surface area (Å²) in [5, 5.41) is 13.4. The fraction of sp³-hybridized carbons (Fsp3) is 0.250. The highest BCUT2D eigenvalue weighted by Gasteiger charge is 2.12. The van der Waals surface area contributed by atoms with Gasteiger partial charge in [-0.2, -0.15) is 0 Å². The first-order valence-corrected chi connectivity index (χ1v) is 7.04. The Hall–Kier alpha value is -1.91. The van der Waals surface area contributed by atoms with Gasteiger partial charge < -0.3 is 10.4 Å². The van der Waals surface area contributed by atoms with Gasteiger partial charge in [-0.1, -0.05) is 29.8 Å². The van der Waals surface area contributed by atoms with Gasteiger partial charge in [0.2, 0.25) is 5.91 Å². The molecule has 2 N–H and O–H groups in total. The average Bonchev–Trinajstić information content (AvgIpc) is 2.47. The Balaban J connectivity index is 1.83. The second kappa shape index (κ2) is 7.20. The molecular weight excluding hydrogens is 288 g/mol. The lowest BCUT2D eigenvalue weighted by Gasteiger charge is -2.11. The molecule has 0 aliphatic heterocycles. The van der Waals surface area contributed by atoms with Gasteiger partial charge in [-0.25, -0.2) is 0 Å². The summed E-state index contributed by atoms with van der Waals surface area (Å²) in [6, 6.07) is 10.6. The van der Waals surface area contributed by atoms with E-state index in [1.54, 1.807) is 30.5 Å². The van der Waals surface area contributed by atoms with Crippen LogP contribution in [0.1, 0.15) is 29.3 Å². The van der Waals surface area contributed by atoms with E-state index in [-0.39, 0.29) is 12.3 Å². The lowest BCUT2D eigenvalue weighted by Crippen LogP contribution is -2.24. The van der Waals surface area contributed by atoms with Gasteiger partial charge >= 0.3 is 0 Å². The van der Waals surface area contributed by atoms with Gasteiger partial charge in [0.05, 0.1) is 12.5 Å². The molecule has 0 aliphatic rings. The van der Waals surface area contributed by atoms with E-state index >= 15 is 0 Å². The Bertz CT molecular complexity index is 597. The molecule has 0 spiro atoms. The molecule has 4 nitrogen and oxygen atoms in total. The molecule has 1 aromatic carbocycles. The highest BCUT2D eigenvalue weighted by Crippen LogP contribution is 2.19. The number of aliphatic hydroxyl groups is 1. The second-order valence-electron chi connectivity index (χ2n) is 4.86. The summed E-state index contributed by atoms with van der Waals surface area (Å²) in [4.78, 5) is 16.0. The van der Waals surface area contributed by atoms with E-state index in [1.807, 2.05) is 19.1 Å². The molecule has 2 aromatic rings. The predicted molar refractivity (Wildman–Crippen MR) is 81.8 cm³/mol. The molecule has 0 aliphatic carbocycles. The summed E-state index contributed by atoms with van der Waals surface area (Å²) in [6.45, 7) is 2.31. The molecule has 0 radical (unpaired) electrons. The fourth-order valence-corrected chi connectivity index (χ4v) is 1.98. The largest absolute Gasteiger partial charge is 0.388 e. The van der Waals surface area contributed by atoms with Crippen LogP contribution in [0.4, 0.5) is 0 Å². The normalized spacial score (nSPS) is 12.0. The van der Waals surface area contributed by atoms with E-state index in [9.17, 15) is 9.90 Å². The smallest absolute Gasteiger partial charge is 0.223 e. The van der Waals surface area contributed by atoms with Gasteiger partial charge in [0.25, 0.3) is 0 Å². The van der Waals surface area contributed by atoms with Crippen molar-refractivity contribution in [3.05, 3.63) is 64.4 Å². The molecule has 5 heteroatoms. The molecule has 2 rings (SSSR count). The van der Waals surface area contributed by atoms with Crippen molar-refractivity contribution in [2.45, 2.75) is 26.0 Å². The van der Waals surface area contributed by atoms with E-state index in [2.05, 4.69) is 10.3 Å². The number of aryl methyl sites for hydroxylation is 1. The van der Waals surface area contributed by atoms with Crippen molar-refractivity contribution in [2.24, 2.45) is 0 Å². The summed E-state index contributed by atoms with van der Waals surface area (Å²) >= 11 is 5.78. The molecule has 0 fully saturated rings. The van der Waals surface area contributed by atoms with Gasteiger partial charge in [0.15, 0.2) is 0 Å². The van der Waals surface area contributed by atoms with E-state index in [1.165, 1.54) is 0 Å². The van der Waals surface area contributed by atoms with Crippen LogP contribution in [-0.4, -0.2) is 16.0 Å². The summed E-state index contributed by atoms with van der Waals surface area (Å²) in [5.41, 5.74) is 2.53. The van der Waals surface area contributed by atoms with Crippen LogP contribution in [0, 0.1) is 6.92 Å². The van der Waals surface area contributed by atoms with E-state index < -0.39 is 6.10 Å². The van der Waals surface area contributed by atoms with Crippen LogP contribution in [0.3, 0.4) is 0 Å². The summed E-state index contributed by atoms with van der Waals surface area (Å²) in [5.74, 6) is -0.210. The predicted octanol–water partition coefficient (Wildman–Crippen LogP) is 2.78. The molecular formula is C16H17ClN2O2. The minimum atomic E-state index is -0.835. The molecule has 1 aromatic heterocycles. The molecule has 21 heavy (non-hydrogen) atoms. The van der Waals surface area contributed by atoms with Crippen molar-refractivity contribution >= 4 is 17.5 Å². The van der Waals surface area contributed by atoms with Crippen LogP contribution in [0.5, 0.6) is 0 Å². The Morgan fingerprint density at radius 2 is 2.00 bits per heavy atom. The minimum absolute atomic E-state index is 0.0148. The second-order valence-corrected chi connectivity index (χ2v) is 5.29. The minimum Gasteiger partial charge on any atom is -0.388 e. The van der Waals surface area contributed by atoms with Crippen LogP contribution < -0.4 is 5.32 Å². The summed E-state index contributed by atoms with van der Waals surface area (Å²) in [7, 11) is 0. The van der Waals surface area contributed by atoms with Gasteiger partial charge in [0.1, 0.15) is 0 Å². The van der Waals surface area contributed by atoms with Crippen molar-refractivity contribution in [2.75, 3.05) is 0 Å². The number of hydrogen-bond donors (Lipinski definition) is 2. The maximum absolute atomic E-state index is 11.8. The monoisotopic (exact) mass is 304 g/mol. The number of amides is 1. The first-order valence-electron chi connectivity index (χ1n) is 6.66. The van der Waals surface area contributed by atoms with E-state index in [4.69, 9.17) is 11.6 Å². The van der Waals surface area contributed by atoms with Gasteiger partial charge in [-0.15, -0.1) is 0 Å². The molecule has 110 valence electrons. The van der Waals surface area contributed by atoms with Crippen LogP contribution in [0.15, 0.2) is 42.6 Å². The highest BCUT2D eigenvalue weighted by molar-refractivity contribution is 6.30. The molecule has 0 saturated carbocycles. The first kappa shape index (κ1) is 15.5. The van der Waals surface area contributed by atoms with Crippen molar-refractivity contribution in [1.29, 1.82) is 0 Å². The highest BCUT2D eigenvalue weighted by atomic mass is 35.5. The third-order valence-electron chi connectivity index (χ3n) is 3.10. The van der Waals surface area contributed by atoms with E-state index in [0.29, 0.717) is 17.1 Å². The number of nitrogens with zero attached hydrogens (tertiary/aromatic N) is 1. The number of carbonyl (C=O) groups excluding carboxylic acids is 1. The van der Waals surface area contributed by atoms with Crippen LogP contribution in [0.25, 0.3) is 0 Å². The SMILES string of the molecule is Cc1ccc(CNC(=O)CC(O)c2ccc(Cl)cc2)cn1. The van der Waals surface area contributed by atoms with Crippen molar-refractivity contribution in [1.82, 2.24) is 10.3 Å². The van der Waals surface area contributed by atoms with Crippen LogP contribution in [0.2, 0.25) is 5.02 Å². The lowest BCUT2D eigenvalue weighted by atomic mass is 10.1. The molecule has 0 bridgehead atoms. The number of aromatic nitrogens is 1. The molecule has 0 saturated heterocycles. The Kier molecular flexibility index (Phi) is 5.31. The van der Waals surface area contributed by atoms with Gasteiger partial charge in [-0.3, -0.25) is 9.78 Å². The first-order chi connectivity index (χ1) is 10.0. The zero-order chi connectivity index (χ0) is 15.2. The van der Waals surface area contributed by atoms with Gasteiger partial charge in [-0.05, 0) is 36.2 Å². The number of halogens is 1. The number of aliphatic hydroxyl groups excluding tert-OH is 1. The third kappa shape index (κ3) is 4.85. The lowest BCUT2D eigenvalue weighted by molar-refractivity contribution is -0.123. The quantitative estimate of drug-likeness (QED) is 0.893. The van der Waals surface area contributed by atoms with Crippen molar-refractivity contribution in [3.63, 3.8) is 0 Å². The average molecular weight is 305 g/mol. The summed E-state index contributed by atoms with van der Waals surface area (Å²) < 4.78 is 0. The Morgan fingerprint density at radius 3 is 2.62 bits per heavy atom. The zero-order valence-corrected chi connectivity index (χ0v) is 12.5. The topological polar surface area (TPSA) is 62.2 Å². The van der Waals surface area contributed by atoms with Crippen molar-refractivity contribution in [3.8, 4) is 0 Å². The Morgan fingerprint density at radius 1 is 1.29 bits per heavy atom. The molecule has 1 heterocycles. The third-order valence-corrected chi connectivity index (χ3v) is 3.35. The van der Waals surface area contributed by atoms with E-state index in [0.717, 1.165) is 11.3 Å². The zero-order valence-electron chi connectivity index (χ0n) is 11.7. The maximum Gasteiger partial charge on any atom is 0.223 e.